The van der Waals surface area contributed by atoms with Crippen molar-refractivity contribution < 1.29 is 18.7 Å². The minimum absolute atomic E-state index is 0.260. The summed E-state index contributed by atoms with van der Waals surface area (Å²) in [6.07, 6.45) is 1.02. The molecule has 4 rings (SSSR count). The van der Waals surface area contributed by atoms with Gasteiger partial charge in [0, 0.05) is 24.8 Å². The van der Waals surface area contributed by atoms with Crippen LogP contribution in [0.2, 0.25) is 0 Å². The molecule has 2 atom stereocenters. The van der Waals surface area contributed by atoms with Crippen LogP contribution >= 0.6 is 0 Å². The first-order valence-corrected chi connectivity index (χ1v) is 9.93. The number of carbonyl (C=O) groups excluding carboxylic acids is 2. The average Bonchev–Trinajstić information content (AvgIpc) is 2.86. The third kappa shape index (κ3) is 4.04. The number of aliphatic imine (C=N–C) groups is 1. The van der Waals surface area contributed by atoms with Crippen molar-refractivity contribution in [3.63, 3.8) is 0 Å². The van der Waals surface area contributed by atoms with Crippen molar-refractivity contribution in [3.05, 3.63) is 65.5 Å². The van der Waals surface area contributed by atoms with Crippen LogP contribution in [0.5, 0.6) is 0 Å². The molecule has 0 aromatic heterocycles. The third-order valence-corrected chi connectivity index (χ3v) is 5.21. The molecule has 0 spiro atoms. The standard InChI is InChI=1S/C22H23FN4O3/c1-27-17-11-5-3-9-15(17)19(14-8-2-4-10-16(14)23)25-20(21(27)28)26-22(29)24-18-12-6-7-13-30-18/h2-5,8-11,18,20H,6-7,12-13H2,1H3,(H2,24,26,29). The summed E-state index contributed by atoms with van der Waals surface area (Å²) in [6.45, 7) is 0.584. The molecule has 0 radical (unpaired) electrons. The number of hydrogen-bond acceptors (Lipinski definition) is 4. The molecular formula is C22H23FN4O3. The summed E-state index contributed by atoms with van der Waals surface area (Å²) < 4.78 is 20.1. The summed E-state index contributed by atoms with van der Waals surface area (Å²) in [6, 6.07) is 12.8. The van der Waals surface area contributed by atoms with Gasteiger partial charge in [0.15, 0.2) is 0 Å². The molecule has 0 saturated carbocycles. The molecular weight excluding hydrogens is 387 g/mol. The van der Waals surface area contributed by atoms with Gasteiger partial charge < -0.3 is 20.3 Å². The number of para-hydroxylation sites is 1. The topological polar surface area (TPSA) is 83.0 Å². The van der Waals surface area contributed by atoms with Crippen LogP contribution in [0.25, 0.3) is 0 Å². The summed E-state index contributed by atoms with van der Waals surface area (Å²) in [5.41, 5.74) is 1.76. The van der Waals surface area contributed by atoms with Gasteiger partial charge in [0.25, 0.3) is 5.91 Å². The minimum atomic E-state index is -1.21. The van der Waals surface area contributed by atoms with Crippen LogP contribution in [0.15, 0.2) is 53.5 Å². The van der Waals surface area contributed by atoms with Crippen molar-refractivity contribution >= 4 is 23.3 Å². The maximum Gasteiger partial charge on any atom is 0.318 e. The van der Waals surface area contributed by atoms with Crippen LogP contribution in [0.3, 0.4) is 0 Å². The van der Waals surface area contributed by atoms with E-state index in [1.54, 1.807) is 49.5 Å². The van der Waals surface area contributed by atoms with Gasteiger partial charge in [-0.05, 0) is 37.5 Å². The first-order chi connectivity index (χ1) is 14.5. The van der Waals surface area contributed by atoms with Crippen LogP contribution in [0, 0.1) is 5.82 Å². The maximum atomic E-state index is 14.6. The summed E-state index contributed by atoms with van der Waals surface area (Å²) in [5, 5.41) is 5.33. The van der Waals surface area contributed by atoms with E-state index in [1.807, 2.05) is 0 Å². The van der Waals surface area contributed by atoms with Gasteiger partial charge in [-0.3, -0.25) is 4.79 Å². The maximum absolute atomic E-state index is 14.6. The van der Waals surface area contributed by atoms with Gasteiger partial charge in [0.1, 0.15) is 12.0 Å². The quantitative estimate of drug-likeness (QED) is 0.816. The summed E-state index contributed by atoms with van der Waals surface area (Å²) in [7, 11) is 1.61. The van der Waals surface area contributed by atoms with Crippen molar-refractivity contribution in [1.29, 1.82) is 0 Å². The Morgan fingerprint density at radius 1 is 1.10 bits per heavy atom. The fourth-order valence-corrected chi connectivity index (χ4v) is 3.65. The second-order valence-electron chi connectivity index (χ2n) is 7.25. The lowest BCUT2D eigenvalue weighted by atomic mass is 10.00. The summed E-state index contributed by atoms with van der Waals surface area (Å²) in [4.78, 5) is 31.5. The van der Waals surface area contributed by atoms with Crippen molar-refractivity contribution in [3.8, 4) is 0 Å². The van der Waals surface area contributed by atoms with Crippen LogP contribution in [0.1, 0.15) is 30.4 Å². The molecule has 156 valence electrons. The zero-order chi connectivity index (χ0) is 21.1. The lowest BCUT2D eigenvalue weighted by molar-refractivity contribution is -0.119. The van der Waals surface area contributed by atoms with Gasteiger partial charge in [-0.15, -0.1) is 0 Å². The number of halogens is 1. The molecule has 7 nitrogen and oxygen atoms in total. The normalized spacial score (nSPS) is 21.3. The molecule has 2 unspecified atom stereocenters. The lowest BCUT2D eigenvalue weighted by Gasteiger charge is -2.25. The van der Waals surface area contributed by atoms with Crippen LogP contribution in [0.4, 0.5) is 14.9 Å². The number of rotatable bonds is 3. The summed E-state index contributed by atoms with van der Waals surface area (Å²) in [5.74, 6) is -0.879. The highest BCUT2D eigenvalue weighted by molar-refractivity contribution is 6.20. The number of benzene rings is 2. The number of amides is 3. The van der Waals surface area contributed by atoms with Crippen LogP contribution in [-0.4, -0.2) is 43.7 Å². The Hall–Kier alpha value is -3.26. The fraction of sp³-hybridized carbons (Fsp3) is 0.318. The van der Waals surface area contributed by atoms with E-state index in [1.165, 1.54) is 11.0 Å². The zero-order valence-corrected chi connectivity index (χ0v) is 16.6. The third-order valence-electron chi connectivity index (χ3n) is 5.21. The average molecular weight is 410 g/mol. The Balaban J connectivity index is 1.68. The Morgan fingerprint density at radius 2 is 1.83 bits per heavy atom. The number of fused-ring (bicyclic) bond motifs is 1. The Morgan fingerprint density at radius 3 is 2.57 bits per heavy atom. The second-order valence-corrected chi connectivity index (χ2v) is 7.25. The Bertz CT molecular complexity index is 988. The number of nitrogens with one attached hydrogen (secondary N) is 2. The SMILES string of the molecule is CN1C(=O)C(NC(=O)NC2CCCCO2)N=C(c2ccccc2F)c2ccccc21. The van der Waals surface area contributed by atoms with E-state index < -0.39 is 30.1 Å². The Kier molecular flexibility index (Phi) is 5.76. The van der Waals surface area contributed by atoms with Crippen molar-refractivity contribution in [1.82, 2.24) is 10.6 Å². The smallest absolute Gasteiger partial charge is 0.318 e. The highest BCUT2D eigenvalue weighted by Crippen LogP contribution is 2.28. The number of ether oxygens (including phenoxy) is 1. The van der Waals surface area contributed by atoms with Gasteiger partial charge >= 0.3 is 6.03 Å². The number of benzodiazepines with no additional fused rings is 1. The number of hydrogen-bond donors (Lipinski definition) is 2. The van der Waals surface area contributed by atoms with Gasteiger partial charge in [0.2, 0.25) is 6.17 Å². The predicted octanol–water partition coefficient (Wildman–Crippen LogP) is 2.79. The molecule has 2 aliphatic rings. The van der Waals surface area contributed by atoms with Gasteiger partial charge in [-0.2, -0.15) is 0 Å². The van der Waals surface area contributed by atoms with E-state index >= 15 is 0 Å². The van der Waals surface area contributed by atoms with E-state index in [4.69, 9.17) is 4.74 Å². The van der Waals surface area contributed by atoms with Crippen molar-refractivity contribution in [2.24, 2.45) is 4.99 Å². The number of urea groups is 1. The molecule has 2 N–H and O–H groups in total. The number of nitrogens with zero attached hydrogens (tertiary/aromatic N) is 2. The largest absolute Gasteiger partial charge is 0.358 e. The zero-order valence-electron chi connectivity index (χ0n) is 16.6. The van der Waals surface area contributed by atoms with E-state index in [-0.39, 0.29) is 5.56 Å². The molecule has 0 aliphatic carbocycles. The van der Waals surface area contributed by atoms with Crippen molar-refractivity contribution in [2.45, 2.75) is 31.7 Å². The van der Waals surface area contributed by atoms with Gasteiger partial charge in [-0.1, -0.05) is 30.3 Å². The molecule has 2 aromatic rings. The van der Waals surface area contributed by atoms with E-state index in [0.29, 0.717) is 30.0 Å². The molecule has 0 bridgehead atoms. The molecule has 8 heteroatoms. The molecule has 30 heavy (non-hydrogen) atoms. The molecule has 2 heterocycles. The minimum Gasteiger partial charge on any atom is -0.358 e. The van der Waals surface area contributed by atoms with Crippen LogP contribution in [-0.2, 0) is 9.53 Å². The van der Waals surface area contributed by atoms with Gasteiger partial charge in [0.05, 0.1) is 11.4 Å². The van der Waals surface area contributed by atoms with E-state index in [9.17, 15) is 14.0 Å². The summed E-state index contributed by atoms with van der Waals surface area (Å²) >= 11 is 0. The highest BCUT2D eigenvalue weighted by atomic mass is 19.1. The number of anilines is 1. The molecule has 1 fully saturated rings. The molecule has 3 amide bonds. The highest BCUT2D eigenvalue weighted by Gasteiger charge is 2.32. The molecule has 2 aromatic carbocycles. The van der Waals surface area contributed by atoms with Gasteiger partial charge in [-0.25, -0.2) is 14.2 Å². The molecule has 1 saturated heterocycles. The monoisotopic (exact) mass is 410 g/mol. The fourth-order valence-electron chi connectivity index (χ4n) is 3.65. The van der Waals surface area contributed by atoms with Crippen molar-refractivity contribution in [2.75, 3.05) is 18.6 Å². The number of carbonyl (C=O) groups is 2. The lowest BCUT2D eigenvalue weighted by Crippen LogP contribution is -2.52. The predicted molar refractivity (Wildman–Crippen MR) is 111 cm³/mol. The first-order valence-electron chi connectivity index (χ1n) is 9.93. The van der Waals surface area contributed by atoms with E-state index in [0.717, 1.165) is 12.8 Å². The Labute approximate surface area is 173 Å². The first kappa shape index (κ1) is 20.0. The van der Waals surface area contributed by atoms with Crippen LogP contribution < -0.4 is 15.5 Å². The van der Waals surface area contributed by atoms with E-state index in [2.05, 4.69) is 15.6 Å². The molecule has 2 aliphatic heterocycles. The number of likely N-dealkylation sites (N-methyl/N-ethyl adjacent to an activating group) is 1. The second kappa shape index (κ2) is 8.62.